The molecule has 0 spiro atoms. The molecular formula is C9H7ClN2O2S4. The Hall–Kier alpha value is -0.280. The molecule has 1 aliphatic rings. The molecule has 1 aromatic carbocycles. The van der Waals surface area contributed by atoms with E-state index >= 15 is 0 Å². The van der Waals surface area contributed by atoms with Gasteiger partial charge < -0.3 is 5.73 Å². The highest BCUT2D eigenvalue weighted by Gasteiger charge is 2.27. The average molecular weight is 339 g/mol. The predicted molar refractivity (Wildman–Crippen MR) is 81.3 cm³/mol. The molecule has 0 aromatic heterocycles. The number of fused-ring (bicyclic) bond motifs is 1. The SMILES string of the molecule is CSC1=NS(=O)(=O)c2cc(C(N)=S)c(Cl)cc2S1. The number of sulfonamides is 1. The van der Waals surface area contributed by atoms with Crippen molar-refractivity contribution < 1.29 is 8.42 Å². The molecule has 0 saturated heterocycles. The van der Waals surface area contributed by atoms with Crippen LogP contribution in [0, 0.1) is 0 Å². The Kier molecular flexibility index (Phi) is 3.93. The second-order valence-electron chi connectivity index (χ2n) is 3.28. The van der Waals surface area contributed by atoms with Crippen LogP contribution in [-0.4, -0.2) is 24.0 Å². The number of benzene rings is 1. The first kappa shape index (κ1) is 14.1. The minimum absolute atomic E-state index is 0.0580. The summed E-state index contributed by atoms with van der Waals surface area (Å²) in [7, 11) is -3.70. The number of halogens is 1. The molecule has 0 saturated carbocycles. The van der Waals surface area contributed by atoms with Gasteiger partial charge >= 0.3 is 0 Å². The summed E-state index contributed by atoms with van der Waals surface area (Å²) in [4.78, 5) is 0.694. The normalized spacial score (nSPS) is 16.9. The van der Waals surface area contributed by atoms with Gasteiger partial charge in [0.1, 0.15) is 14.3 Å². The van der Waals surface area contributed by atoms with E-state index in [4.69, 9.17) is 29.6 Å². The molecule has 1 heterocycles. The van der Waals surface area contributed by atoms with Crippen LogP contribution in [-0.2, 0) is 10.0 Å². The highest BCUT2D eigenvalue weighted by molar-refractivity contribution is 8.39. The Morgan fingerprint density at radius 3 is 2.78 bits per heavy atom. The standard InChI is InChI=1S/C9H7ClN2O2S4/c1-16-9-12-18(13,14)7-2-4(8(11)15)5(10)3-6(7)17-9/h2-3H,1H3,(H2,11,15). The summed E-state index contributed by atoms with van der Waals surface area (Å²) in [5, 5.41) is 0.339. The molecule has 0 fully saturated rings. The highest BCUT2D eigenvalue weighted by atomic mass is 35.5. The monoisotopic (exact) mass is 338 g/mol. The maximum Gasteiger partial charge on any atom is 0.285 e. The zero-order chi connectivity index (χ0) is 13.5. The van der Waals surface area contributed by atoms with Gasteiger partial charge in [-0.1, -0.05) is 35.6 Å². The topological polar surface area (TPSA) is 72.5 Å². The third-order valence-electron chi connectivity index (χ3n) is 2.14. The highest BCUT2D eigenvalue weighted by Crippen LogP contribution is 2.39. The van der Waals surface area contributed by atoms with Gasteiger partial charge in [-0.05, 0) is 18.4 Å². The zero-order valence-electron chi connectivity index (χ0n) is 9.01. The number of rotatable bonds is 1. The molecule has 0 unspecified atom stereocenters. The van der Waals surface area contributed by atoms with E-state index in [1.165, 1.54) is 29.6 Å². The van der Waals surface area contributed by atoms with Crippen molar-refractivity contribution in [2.24, 2.45) is 10.1 Å². The van der Waals surface area contributed by atoms with Crippen LogP contribution in [0.15, 0.2) is 26.3 Å². The van der Waals surface area contributed by atoms with Gasteiger partial charge in [0, 0.05) is 10.5 Å². The van der Waals surface area contributed by atoms with Gasteiger partial charge in [0.2, 0.25) is 0 Å². The average Bonchev–Trinajstić information content (AvgIpc) is 2.26. The molecule has 0 aliphatic carbocycles. The smallest absolute Gasteiger partial charge is 0.285 e. The van der Waals surface area contributed by atoms with Gasteiger partial charge in [0.25, 0.3) is 10.0 Å². The number of thiocarbonyl (C=S) groups is 1. The van der Waals surface area contributed by atoms with Crippen molar-refractivity contribution in [3.63, 3.8) is 0 Å². The summed E-state index contributed by atoms with van der Waals surface area (Å²) < 4.78 is 28.1. The summed E-state index contributed by atoms with van der Waals surface area (Å²) in [6.07, 6.45) is 1.76. The van der Waals surface area contributed by atoms with Crippen molar-refractivity contribution in [3.8, 4) is 0 Å². The van der Waals surface area contributed by atoms with E-state index in [0.29, 0.717) is 19.9 Å². The molecule has 4 nitrogen and oxygen atoms in total. The van der Waals surface area contributed by atoms with Gasteiger partial charge in [-0.3, -0.25) is 0 Å². The number of hydrogen-bond donors (Lipinski definition) is 1. The first-order valence-electron chi connectivity index (χ1n) is 4.55. The quantitative estimate of drug-likeness (QED) is 0.793. The van der Waals surface area contributed by atoms with Crippen molar-refractivity contribution in [1.29, 1.82) is 0 Å². The van der Waals surface area contributed by atoms with Crippen LogP contribution >= 0.6 is 47.3 Å². The van der Waals surface area contributed by atoms with E-state index in [9.17, 15) is 8.42 Å². The van der Waals surface area contributed by atoms with Crippen molar-refractivity contribution in [2.75, 3.05) is 6.26 Å². The van der Waals surface area contributed by atoms with Crippen LogP contribution in [0.1, 0.15) is 5.56 Å². The van der Waals surface area contributed by atoms with Gasteiger partial charge in [0.05, 0.1) is 5.02 Å². The fourth-order valence-electron chi connectivity index (χ4n) is 1.34. The summed E-state index contributed by atoms with van der Waals surface area (Å²) in [5.41, 5.74) is 5.84. The molecule has 1 aromatic rings. The van der Waals surface area contributed by atoms with Crippen LogP contribution in [0.2, 0.25) is 5.02 Å². The second-order valence-corrected chi connectivity index (χ2v) is 7.79. The molecule has 0 amide bonds. The lowest BCUT2D eigenvalue weighted by Crippen LogP contribution is -2.14. The fraction of sp³-hybridized carbons (Fsp3) is 0.111. The first-order chi connectivity index (χ1) is 8.35. The lowest BCUT2D eigenvalue weighted by atomic mass is 10.2. The lowest BCUT2D eigenvalue weighted by Gasteiger charge is -2.15. The molecule has 0 bridgehead atoms. The predicted octanol–water partition coefficient (Wildman–Crippen LogP) is 2.49. The minimum Gasteiger partial charge on any atom is -0.389 e. The van der Waals surface area contributed by atoms with Crippen LogP contribution in [0.4, 0.5) is 0 Å². The molecule has 1 aliphatic heterocycles. The number of hydrogen-bond acceptors (Lipinski definition) is 5. The molecule has 2 rings (SSSR count). The van der Waals surface area contributed by atoms with Gasteiger partial charge in [-0.2, -0.15) is 8.42 Å². The van der Waals surface area contributed by atoms with Crippen LogP contribution in [0.5, 0.6) is 0 Å². The maximum absolute atomic E-state index is 12.0. The molecule has 0 radical (unpaired) electrons. The van der Waals surface area contributed by atoms with E-state index < -0.39 is 10.0 Å². The number of thioether (sulfide) groups is 2. The Balaban J connectivity index is 2.69. The van der Waals surface area contributed by atoms with Gasteiger partial charge in [-0.25, -0.2) is 0 Å². The van der Waals surface area contributed by atoms with E-state index in [0.717, 1.165) is 0 Å². The zero-order valence-corrected chi connectivity index (χ0v) is 13.0. The molecule has 96 valence electrons. The first-order valence-corrected chi connectivity index (χ1v) is 8.82. The Morgan fingerprint density at radius 2 is 2.22 bits per heavy atom. The second kappa shape index (κ2) is 5.01. The Morgan fingerprint density at radius 1 is 1.56 bits per heavy atom. The number of nitrogens with zero attached hydrogens (tertiary/aromatic N) is 1. The van der Waals surface area contributed by atoms with E-state index in [2.05, 4.69) is 4.40 Å². The largest absolute Gasteiger partial charge is 0.389 e. The van der Waals surface area contributed by atoms with Gasteiger partial charge in [0.15, 0.2) is 0 Å². The van der Waals surface area contributed by atoms with E-state index in [1.807, 2.05) is 0 Å². The minimum atomic E-state index is -3.70. The summed E-state index contributed by atoms with van der Waals surface area (Å²) in [6, 6.07) is 2.93. The van der Waals surface area contributed by atoms with Gasteiger partial charge in [-0.15, -0.1) is 16.2 Å². The third kappa shape index (κ3) is 2.53. The molecular weight excluding hydrogens is 332 g/mol. The van der Waals surface area contributed by atoms with Crippen LogP contribution < -0.4 is 5.73 Å². The van der Waals surface area contributed by atoms with Crippen molar-refractivity contribution in [1.82, 2.24) is 0 Å². The molecule has 18 heavy (non-hydrogen) atoms. The summed E-state index contributed by atoms with van der Waals surface area (Å²) in [6.45, 7) is 0. The fourth-order valence-corrected chi connectivity index (χ4v) is 5.38. The van der Waals surface area contributed by atoms with Crippen molar-refractivity contribution >= 4 is 66.7 Å². The Bertz CT molecular complexity index is 669. The maximum atomic E-state index is 12.0. The molecule has 9 heteroatoms. The van der Waals surface area contributed by atoms with Crippen molar-refractivity contribution in [3.05, 3.63) is 22.7 Å². The molecule has 0 atom stereocenters. The van der Waals surface area contributed by atoms with E-state index in [1.54, 1.807) is 12.3 Å². The summed E-state index contributed by atoms with van der Waals surface area (Å²) in [5.74, 6) is 0. The third-order valence-corrected chi connectivity index (χ3v) is 6.37. The summed E-state index contributed by atoms with van der Waals surface area (Å²) >= 11 is 13.4. The molecule has 2 N–H and O–H groups in total. The number of nitrogens with two attached hydrogens (primary N) is 1. The van der Waals surface area contributed by atoms with Crippen LogP contribution in [0.25, 0.3) is 0 Å². The Labute approximate surface area is 123 Å². The van der Waals surface area contributed by atoms with Crippen molar-refractivity contribution in [2.45, 2.75) is 9.79 Å². The van der Waals surface area contributed by atoms with Crippen LogP contribution in [0.3, 0.4) is 0 Å². The van der Waals surface area contributed by atoms with E-state index in [-0.39, 0.29) is 9.88 Å². The lowest BCUT2D eigenvalue weighted by molar-refractivity contribution is 0.596.